The van der Waals surface area contributed by atoms with Crippen LogP contribution in [0.5, 0.6) is 0 Å². The first-order valence-corrected chi connectivity index (χ1v) is 3.57. The second-order valence-corrected chi connectivity index (χ2v) is 4.33. The normalized spacial score (nSPS) is 21.3. The zero-order valence-corrected chi connectivity index (χ0v) is 7.32. The van der Waals surface area contributed by atoms with Crippen molar-refractivity contribution in [2.24, 2.45) is 10.8 Å². The summed E-state index contributed by atoms with van der Waals surface area (Å²) in [5.74, 6) is 0. The summed E-state index contributed by atoms with van der Waals surface area (Å²) in [4.78, 5) is 9.43. The van der Waals surface area contributed by atoms with E-state index in [0.717, 1.165) is 6.29 Å². The highest BCUT2D eigenvalue weighted by Crippen LogP contribution is 2.52. The molecule has 1 aliphatic rings. The molecule has 59 valence electrons. The molecule has 0 aromatic heterocycles. The van der Waals surface area contributed by atoms with Crippen molar-refractivity contribution in [3.05, 3.63) is 6.29 Å². The summed E-state index contributed by atoms with van der Waals surface area (Å²) in [6, 6.07) is 0. The lowest BCUT2D eigenvalue weighted by Gasteiger charge is -2.34. The molecule has 0 bridgehead atoms. The van der Waals surface area contributed by atoms with Crippen molar-refractivity contribution in [1.82, 2.24) is 0 Å². The molecule has 1 saturated heterocycles. The first-order valence-electron chi connectivity index (χ1n) is 3.57. The van der Waals surface area contributed by atoms with E-state index in [2.05, 4.69) is 34.6 Å². The summed E-state index contributed by atoms with van der Waals surface area (Å²) in [7, 11) is 0. The molecule has 0 unspecified atom stereocenters. The van der Waals surface area contributed by atoms with Gasteiger partial charge in [-0.25, -0.2) is 0 Å². The Balaban J connectivity index is 2.66. The molecular weight excluding hydrogens is 128 g/mol. The largest absolute Gasteiger partial charge is 0.298 e. The van der Waals surface area contributed by atoms with Gasteiger partial charge in [-0.1, -0.05) is 34.6 Å². The van der Waals surface area contributed by atoms with Crippen molar-refractivity contribution in [1.29, 1.82) is 0 Å². The molecule has 0 N–H and O–H groups in total. The summed E-state index contributed by atoms with van der Waals surface area (Å²) >= 11 is 0. The second-order valence-electron chi connectivity index (χ2n) is 4.33. The fourth-order valence-corrected chi connectivity index (χ4v) is 0.535. The van der Waals surface area contributed by atoms with Crippen molar-refractivity contribution in [2.45, 2.75) is 34.6 Å². The van der Waals surface area contributed by atoms with Crippen molar-refractivity contribution < 1.29 is 9.78 Å². The lowest BCUT2D eigenvalue weighted by atomic mass is 9.69. The van der Waals surface area contributed by atoms with Gasteiger partial charge in [0.25, 0.3) is 6.29 Å². The average molecular weight is 143 g/mol. The van der Waals surface area contributed by atoms with Crippen LogP contribution < -0.4 is 0 Å². The Kier molecular flexibility index (Phi) is 1.57. The number of rotatable bonds is 1. The van der Waals surface area contributed by atoms with Gasteiger partial charge >= 0.3 is 0 Å². The highest BCUT2D eigenvalue weighted by Gasteiger charge is 2.52. The lowest BCUT2D eigenvalue weighted by molar-refractivity contribution is 0.0850. The molecule has 0 spiro atoms. The minimum atomic E-state index is 0.0208. The van der Waals surface area contributed by atoms with Gasteiger partial charge in [0.15, 0.2) is 0 Å². The van der Waals surface area contributed by atoms with E-state index >= 15 is 0 Å². The first kappa shape index (κ1) is 8.02. The SMILES string of the molecule is CC(C)(C)C(C)(C)[C]1OO1. The minimum absolute atomic E-state index is 0.0208. The van der Waals surface area contributed by atoms with Crippen LogP contribution in [0.25, 0.3) is 0 Å². The molecule has 1 rings (SSSR count). The molecule has 1 heterocycles. The number of hydrogen-bond donors (Lipinski definition) is 0. The monoisotopic (exact) mass is 143 g/mol. The highest BCUT2D eigenvalue weighted by atomic mass is 17.4. The van der Waals surface area contributed by atoms with E-state index in [1.165, 1.54) is 0 Å². The molecule has 0 atom stereocenters. The molecule has 1 aliphatic heterocycles. The van der Waals surface area contributed by atoms with Gasteiger partial charge in [-0.05, 0) is 5.41 Å². The van der Waals surface area contributed by atoms with Crippen LogP contribution in [0.3, 0.4) is 0 Å². The first-order chi connectivity index (χ1) is 4.36. The highest BCUT2D eigenvalue weighted by molar-refractivity contribution is 4.97. The molecule has 0 aliphatic carbocycles. The van der Waals surface area contributed by atoms with Crippen LogP contribution >= 0.6 is 0 Å². The average Bonchev–Trinajstić information content (AvgIpc) is 2.38. The van der Waals surface area contributed by atoms with Crippen molar-refractivity contribution in [2.75, 3.05) is 0 Å². The van der Waals surface area contributed by atoms with Gasteiger partial charge in [0.2, 0.25) is 0 Å². The van der Waals surface area contributed by atoms with Gasteiger partial charge in [-0.3, -0.25) is 0 Å². The zero-order chi connectivity index (χ0) is 7.99. The molecule has 0 saturated carbocycles. The van der Waals surface area contributed by atoms with Gasteiger partial charge < -0.3 is 0 Å². The van der Waals surface area contributed by atoms with Gasteiger partial charge in [0.1, 0.15) is 0 Å². The van der Waals surface area contributed by atoms with Crippen LogP contribution in [0, 0.1) is 17.1 Å². The molecule has 2 nitrogen and oxygen atoms in total. The molecular formula is C8H15O2. The minimum Gasteiger partial charge on any atom is -0.188 e. The lowest BCUT2D eigenvalue weighted by Crippen LogP contribution is -2.30. The summed E-state index contributed by atoms with van der Waals surface area (Å²) in [5, 5.41) is 0. The molecule has 10 heavy (non-hydrogen) atoms. The zero-order valence-electron chi connectivity index (χ0n) is 7.32. The standard InChI is InChI=1S/C8H15O2/c1-7(2,3)8(4,5)6-9-10-6/h1-5H3. The summed E-state index contributed by atoms with van der Waals surface area (Å²) in [6.07, 6.45) is 0.764. The Hall–Kier alpha value is -0.0800. The number of hydrogen-bond acceptors (Lipinski definition) is 2. The summed E-state index contributed by atoms with van der Waals surface area (Å²) in [5.41, 5.74) is 0.214. The van der Waals surface area contributed by atoms with Gasteiger partial charge in [-0.15, -0.1) is 0 Å². The Bertz CT molecular complexity index is 129. The van der Waals surface area contributed by atoms with Crippen molar-refractivity contribution in [3.8, 4) is 0 Å². The van der Waals surface area contributed by atoms with Crippen LogP contribution in [0.15, 0.2) is 0 Å². The maximum atomic E-state index is 4.72. The Morgan fingerprint density at radius 1 is 0.900 bits per heavy atom. The van der Waals surface area contributed by atoms with Crippen molar-refractivity contribution >= 4 is 0 Å². The van der Waals surface area contributed by atoms with Gasteiger partial charge in [0.05, 0.1) is 0 Å². The fourth-order valence-electron chi connectivity index (χ4n) is 0.535. The predicted octanol–water partition coefficient (Wildman–Crippen LogP) is 2.51. The maximum absolute atomic E-state index is 4.72. The van der Waals surface area contributed by atoms with Gasteiger partial charge in [-0.2, -0.15) is 9.78 Å². The third-order valence-corrected chi connectivity index (χ3v) is 2.55. The predicted molar refractivity (Wildman–Crippen MR) is 38.6 cm³/mol. The second kappa shape index (κ2) is 1.95. The molecule has 1 fully saturated rings. The molecule has 1 radical (unpaired) electrons. The van der Waals surface area contributed by atoms with Crippen LogP contribution in [0.2, 0.25) is 0 Å². The topological polar surface area (TPSA) is 25.1 Å². The third-order valence-electron chi connectivity index (χ3n) is 2.55. The van der Waals surface area contributed by atoms with Crippen molar-refractivity contribution in [3.63, 3.8) is 0 Å². The van der Waals surface area contributed by atoms with Crippen LogP contribution in [-0.2, 0) is 9.78 Å². The van der Waals surface area contributed by atoms with E-state index in [4.69, 9.17) is 9.78 Å². The third kappa shape index (κ3) is 1.18. The van der Waals surface area contributed by atoms with Crippen LogP contribution in [0.4, 0.5) is 0 Å². The van der Waals surface area contributed by atoms with E-state index in [1.54, 1.807) is 0 Å². The fraction of sp³-hybridized carbons (Fsp3) is 0.875. The van der Waals surface area contributed by atoms with E-state index in [1.807, 2.05) is 0 Å². The molecule has 0 aromatic rings. The molecule has 0 amide bonds. The van der Waals surface area contributed by atoms with E-state index in [9.17, 15) is 0 Å². The van der Waals surface area contributed by atoms with Gasteiger partial charge in [0, 0.05) is 5.41 Å². The quantitative estimate of drug-likeness (QED) is 0.416. The Morgan fingerprint density at radius 3 is 1.40 bits per heavy atom. The molecule has 2 heteroatoms. The summed E-state index contributed by atoms with van der Waals surface area (Å²) < 4.78 is 0. The molecule has 0 aromatic carbocycles. The van der Waals surface area contributed by atoms with E-state index < -0.39 is 0 Å². The smallest absolute Gasteiger partial charge is 0.188 e. The Labute approximate surface area is 62.4 Å². The van der Waals surface area contributed by atoms with E-state index in [0.29, 0.717) is 0 Å². The maximum Gasteiger partial charge on any atom is 0.298 e. The van der Waals surface area contributed by atoms with Crippen LogP contribution in [0.1, 0.15) is 34.6 Å². The van der Waals surface area contributed by atoms with E-state index in [-0.39, 0.29) is 10.8 Å². The Morgan fingerprint density at radius 2 is 1.30 bits per heavy atom. The summed E-state index contributed by atoms with van der Waals surface area (Å²) in [6.45, 7) is 10.8. The van der Waals surface area contributed by atoms with Crippen LogP contribution in [-0.4, -0.2) is 0 Å².